The Kier molecular flexibility index (Phi) is 5.12. The maximum absolute atomic E-state index is 10.8. The monoisotopic (exact) mass is 380 g/mol. The van der Waals surface area contributed by atoms with Crippen LogP contribution in [0, 0.1) is 0 Å². The fourth-order valence-electron chi connectivity index (χ4n) is 3.61. The number of carbonyl (C=O) groups is 1. The molecule has 0 bridgehead atoms. The van der Waals surface area contributed by atoms with E-state index in [9.17, 15) is 4.79 Å². The fraction of sp³-hybridized carbons (Fsp3) is 0.350. The second-order valence-corrected chi connectivity index (χ2v) is 6.83. The van der Waals surface area contributed by atoms with Gasteiger partial charge >= 0.3 is 0 Å². The zero-order valence-electron chi connectivity index (χ0n) is 16.1. The van der Waals surface area contributed by atoms with Crippen LogP contribution in [0.5, 0.6) is 0 Å². The SMILES string of the molecule is CNc1cc(-c2cnc3ccc(N(C)C4CCOCC4)nn23)ccc1NC=O. The molecule has 4 rings (SSSR count). The van der Waals surface area contributed by atoms with Gasteiger partial charge in [-0.2, -0.15) is 0 Å². The molecule has 3 heterocycles. The standard InChI is InChI=1S/C20H24N6O2/c1-21-17-11-14(3-4-16(17)23-13-27)18-12-22-19-5-6-20(24-26(18)19)25(2)15-7-9-28-10-8-15/h3-6,11-13,15,21H,7-10H2,1-2H3,(H,23,27). The highest BCUT2D eigenvalue weighted by Crippen LogP contribution is 2.29. The van der Waals surface area contributed by atoms with E-state index in [2.05, 4.69) is 27.6 Å². The molecule has 2 N–H and O–H groups in total. The minimum atomic E-state index is 0.426. The van der Waals surface area contributed by atoms with Gasteiger partial charge in [0.15, 0.2) is 5.65 Å². The Morgan fingerprint density at radius 1 is 1.21 bits per heavy atom. The fourth-order valence-corrected chi connectivity index (χ4v) is 3.61. The Labute approximate surface area is 163 Å². The zero-order chi connectivity index (χ0) is 19.5. The van der Waals surface area contributed by atoms with Gasteiger partial charge in [-0.3, -0.25) is 4.79 Å². The Morgan fingerprint density at radius 3 is 2.79 bits per heavy atom. The predicted octanol–water partition coefficient (Wildman–Crippen LogP) is 2.62. The third-order valence-corrected chi connectivity index (χ3v) is 5.25. The molecule has 0 spiro atoms. The molecule has 8 nitrogen and oxygen atoms in total. The van der Waals surface area contributed by atoms with Crippen LogP contribution in [-0.4, -0.2) is 54.4 Å². The summed E-state index contributed by atoms with van der Waals surface area (Å²) in [6, 6.07) is 10.2. The lowest BCUT2D eigenvalue weighted by Gasteiger charge is -2.31. The van der Waals surface area contributed by atoms with E-state index in [1.165, 1.54) is 0 Å². The van der Waals surface area contributed by atoms with Crippen LogP contribution in [0.2, 0.25) is 0 Å². The number of fused-ring (bicyclic) bond motifs is 1. The second-order valence-electron chi connectivity index (χ2n) is 6.83. The molecule has 0 radical (unpaired) electrons. The molecule has 2 aromatic heterocycles. The number of hydrogen-bond acceptors (Lipinski definition) is 6. The number of nitrogens with zero attached hydrogens (tertiary/aromatic N) is 4. The van der Waals surface area contributed by atoms with Gasteiger partial charge in [-0.05, 0) is 37.1 Å². The van der Waals surface area contributed by atoms with Crippen LogP contribution in [-0.2, 0) is 9.53 Å². The van der Waals surface area contributed by atoms with Crippen molar-refractivity contribution in [1.82, 2.24) is 14.6 Å². The third kappa shape index (κ3) is 3.38. The molecule has 0 saturated carbocycles. The first-order chi connectivity index (χ1) is 13.7. The average Bonchev–Trinajstić information content (AvgIpc) is 3.17. The topological polar surface area (TPSA) is 83.8 Å². The molecule has 1 saturated heterocycles. The number of anilines is 3. The summed E-state index contributed by atoms with van der Waals surface area (Å²) in [4.78, 5) is 17.5. The molecule has 8 heteroatoms. The molecule has 1 aliphatic heterocycles. The van der Waals surface area contributed by atoms with Crippen LogP contribution in [0.25, 0.3) is 16.9 Å². The van der Waals surface area contributed by atoms with E-state index >= 15 is 0 Å². The van der Waals surface area contributed by atoms with E-state index in [1.807, 2.05) is 48.1 Å². The van der Waals surface area contributed by atoms with E-state index < -0.39 is 0 Å². The van der Waals surface area contributed by atoms with Crippen LogP contribution in [0.3, 0.4) is 0 Å². The number of aromatic nitrogens is 3. The molecule has 1 fully saturated rings. The summed E-state index contributed by atoms with van der Waals surface area (Å²) < 4.78 is 7.34. The highest BCUT2D eigenvalue weighted by molar-refractivity contribution is 5.84. The molecule has 1 aromatic carbocycles. The van der Waals surface area contributed by atoms with Gasteiger partial charge in [0, 0.05) is 38.9 Å². The van der Waals surface area contributed by atoms with Crippen LogP contribution < -0.4 is 15.5 Å². The largest absolute Gasteiger partial charge is 0.386 e. The lowest BCUT2D eigenvalue weighted by molar-refractivity contribution is -0.105. The minimum absolute atomic E-state index is 0.426. The van der Waals surface area contributed by atoms with Crippen molar-refractivity contribution in [2.24, 2.45) is 0 Å². The molecule has 1 aliphatic rings. The molecule has 1 amide bonds. The quantitative estimate of drug-likeness (QED) is 0.640. The van der Waals surface area contributed by atoms with Gasteiger partial charge in [0.1, 0.15) is 5.82 Å². The average molecular weight is 380 g/mol. The summed E-state index contributed by atoms with van der Waals surface area (Å²) in [6.07, 6.45) is 4.50. The Hall–Kier alpha value is -3.13. The van der Waals surface area contributed by atoms with Gasteiger partial charge < -0.3 is 20.3 Å². The first-order valence-electron chi connectivity index (χ1n) is 9.39. The van der Waals surface area contributed by atoms with Crippen LogP contribution >= 0.6 is 0 Å². The maximum Gasteiger partial charge on any atom is 0.211 e. The highest BCUT2D eigenvalue weighted by atomic mass is 16.5. The number of amides is 1. The number of rotatable bonds is 6. The molecule has 3 aromatic rings. The maximum atomic E-state index is 10.8. The number of imidazole rings is 1. The third-order valence-electron chi connectivity index (χ3n) is 5.25. The van der Waals surface area contributed by atoms with Crippen molar-refractivity contribution < 1.29 is 9.53 Å². The van der Waals surface area contributed by atoms with Crippen molar-refractivity contribution >= 4 is 29.2 Å². The summed E-state index contributed by atoms with van der Waals surface area (Å²) in [5.41, 5.74) is 4.20. The van der Waals surface area contributed by atoms with Gasteiger partial charge in [0.05, 0.1) is 23.3 Å². The number of hydrogen-bond donors (Lipinski definition) is 2. The van der Waals surface area contributed by atoms with Crippen LogP contribution in [0.15, 0.2) is 36.5 Å². The van der Waals surface area contributed by atoms with Gasteiger partial charge in [0.25, 0.3) is 0 Å². The van der Waals surface area contributed by atoms with Crippen molar-refractivity contribution in [1.29, 1.82) is 0 Å². The summed E-state index contributed by atoms with van der Waals surface area (Å²) in [5, 5.41) is 10.7. The first kappa shape index (κ1) is 18.2. The first-order valence-corrected chi connectivity index (χ1v) is 9.39. The van der Waals surface area contributed by atoms with Crippen molar-refractivity contribution in [3.63, 3.8) is 0 Å². The smallest absolute Gasteiger partial charge is 0.211 e. The normalized spacial score (nSPS) is 14.8. The van der Waals surface area contributed by atoms with Crippen molar-refractivity contribution in [3.8, 4) is 11.3 Å². The van der Waals surface area contributed by atoms with E-state index in [-0.39, 0.29) is 0 Å². The molecule has 146 valence electrons. The Morgan fingerprint density at radius 2 is 2.04 bits per heavy atom. The van der Waals surface area contributed by atoms with Gasteiger partial charge in [0.2, 0.25) is 6.41 Å². The van der Waals surface area contributed by atoms with Gasteiger partial charge in [-0.25, -0.2) is 9.50 Å². The summed E-state index contributed by atoms with van der Waals surface area (Å²) in [5.74, 6) is 0.909. The second kappa shape index (κ2) is 7.85. The molecular formula is C20H24N6O2. The summed E-state index contributed by atoms with van der Waals surface area (Å²) in [7, 11) is 3.91. The van der Waals surface area contributed by atoms with Crippen molar-refractivity contribution in [2.45, 2.75) is 18.9 Å². The number of carbonyl (C=O) groups excluding carboxylic acids is 1. The molecule has 0 unspecified atom stereocenters. The van der Waals surface area contributed by atoms with E-state index in [0.717, 1.165) is 60.2 Å². The van der Waals surface area contributed by atoms with Gasteiger partial charge in [-0.1, -0.05) is 6.07 Å². The number of benzene rings is 1. The lowest BCUT2D eigenvalue weighted by atomic mass is 10.1. The zero-order valence-corrected chi connectivity index (χ0v) is 16.1. The summed E-state index contributed by atoms with van der Waals surface area (Å²) in [6.45, 7) is 1.59. The van der Waals surface area contributed by atoms with E-state index in [1.54, 1.807) is 0 Å². The molecule has 0 aliphatic carbocycles. The molecular weight excluding hydrogens is 356 g/mol. The predicted molar refractivity (Wildman–Crippen MR) is 110 cm³/mol. The number of ether oxygens (including phenoxy) is 1. The van der Waals surface area contributed by atoms with E-state index in [0.29, 0.717) is 12.5 Å². The lowest BCUT2D eigenvalue weighted by Crippen LogP contribution is -2.37. The Balaban J connectivity index is 1.71. The van der Waals surface area contributed by atoms with Gasteiger partial charge in [-0.15, -0.1) is 5.10 Å². The highest BCUT2D eigenvalue weighted by Gasteiger charge is 2.20. The Bertz CT molecular complexity index is 980. The van der Waals surface area contributed by atoms with E-state index in [4.69, 9.17) is 9.84 Å². The molecule has 28 heavy (non-hydrogen) atoms. The number of nitrogens with one attached hydrogen (secondary N) is 2. The van der Waals surface area contributed by atoms with Crippen molar-refractivity contribution in [3.05, 3.63) is 36.5 Å². The van der Waals surface area contributed by atoms with Crippen molar-refractivity contribution in [2.75, 3.05) is 42.8 Å². The molecule has 0 atom stereocenters. The van der Waals surface area contributed by atoms with Crippen LogP contribution in [0.1, 0.15) is 12.8 Å². The summed E-state index contributed by atoms with van der Waals surface area (Å²) >= 11 is 0. The minimum Gasteiger partial charge on any atom is -0.386 e. The van der Waals surface area contributed by atoms with Crippen LogP contribution in [0.4, 0.5) is 17.2 Å².